The van der Waals surface area contributed by atoms with Crippen molar-refractivity contribution in [1.29, 1.82) is 0 Å². The summed E-state index contributed by atoms with van der Waals surface area (Å²) >= 11 is 0. The summed E-state index contributed by atoms with van der Waals surface area (Å²) in [6, 6.07) is 7.33. The normalized spacial score (nSPS) is 23.5. The van der Waals surface area contributed by atoms with E-state index in [1.807, 2.05) is 6.07 Å². The number of rotatable bonds is 5. The van der Waals surface area contributed by atoms with Crippen LogP contribution >= 0.6 is 0 Å². The zero-order valence-electron chi connectivity index (χ0n) is 12.2. The van der Waals surface area contributed by atoms with Crippen molar-refractivity contribution in [3.05, 3.63) is 29.8 Å². The molecule has 1 N–H and O–H groups in total. The number of carboxylic acids is 1. The van der Waals surface area contributed by atoms with Gasteiger partial charge in [0.1, 0.15) is 11.9 Å². The number of ether oxygens (including phenoxy) is 1. The first-order valence-electron chi connectivity index (χ1n) is 7.38. The summed E-state index contributed by atoms with van der Waals surface area (Å²) in [6.45, 7) is 6.54. The highest BCUT2D eigenvalue weighted by molar-refractivity contribution is 5.87. The molecule has 4 nitrogen and oxygen atoms in total. The highest BCUT2D eigenvalue weighted by Crippen LogP contribution is 2.24. The van der Waals surface area contributed by atoms with Crippen LogP contribution in [0.2, 0.25) is 0 Å². The summed E-state index contributed by atoms with van der Waals surface area (Å²) < 4.78 is 5.98. The van der Waals surface area contributed by atoms with Crippen LogP contribution in [0.15, 0.2) is 24.3 Å². The highest BCUT2D eigenvalue weighted by atomic mass is 16.5. The van der Waals surface area contributed by atoms with Crippen LogP contribution in [0.1, 0.15) is 43.5 Å². The van der Waals surface area contributed by atoms with E-state index in [2.05, 4.69) is 18.7 Å². The lowest BCUT2D eigenvalue weighted by molar-refractivity contribution is 0.0570. The molecule has 2 atom stereocenters. The van der Waals surface area contributed by atoms with E-state index in [1.54, 1.807) is 18.2 Å². The molecule has 1 saturated heterocycles. The zero-order chi connectivity index (χ0) is 14.5. The Hall–Kier alpha value is -1.55. The smallest absolute Gasteiger partial charge is 0.335 e. The number of carbonyl (C=O) groups is 1. The molecule has 1 heterocycles. The molecule has 0 aliphatic carbocycles. The maximum Gasteiger partial charge on any atom is 0.335 e. The Kier molecular flexibility index (Phi) is 5.01. The van der Waals surface area contributed by atoms with Gasteiger partial charge in [0.05, 0.1) is 5.56 Å². The first-order valence-corrected chi connectivity index (χ1v) is 7.38. The van der Waals surface area contributed by atoms with Gasteiger partial charge in [-0.2, -0.15) is 0 Å². The molecule has 1 aromatic carbocycles. The van der Waals surface area contributed by atoms with Crippen LogP contribution in [0, 0.1) is 0 Å². The van der Waals surface area contributed by atoms with Crippen molar-refractivity contribution < 1.29 is 14.6 Å². The Labute approximate surface area is 120 Å². The second kappa shape index (κ2) is 6.75. The fourth-order valence-electron chi connectivity index (χ4n) is 2.91. The summed E-state index contributed by atoms with van der Waals surface area (Å²) in [6.07, 6.45) is 3.33. The lowest BCUT2D eigenvalue weighted by Crippen LogP contribution is -2.45. The SMILES string of the molecule is CCC1CC(Oc2cccc(C(=O)O)c2)CCN1CC. The first kappa shape index (κ1) is 14.9. The average molecular weight is 277 g/mol. The summed E-state index contributed by atoms with van der Waals surface area (Å²) in [5, 5.41) is 9.00. The van der Waals surface area contributed by atoms with Gasteiger partial charge >= 0.3 is 5.97 Å². The Morgan fingerprint density at radius 1 is 1.45 bits per heavy atom. The number of nitrogens with zero attached hydrogens (tertiary/aromatic N) is 1. The van der Waals surface area contributed by atoms with Crippen molar-refractivity contribution in [2.24, 2.45) is 0 Å². The summed E-state index contributed by atoms with van der Waals surface area (Å²) in [5.41, 5.74) is 0.278. The number of piperidine rings is 1. The van der Waals surface area contributed by atoms with Gasteiger partial charge in [0, 0.05) is 12.6 Å². The van der Waals surface area contributed by atoms with Crippen molar-refractivity contribution in [1.82, 2.24) is 4.90 Å². The number of hydrogen-bond acceptors (Lipinski definition) is 3. The molecule has 0 amide bonds. The second-order valence-electron chi connectivity index (χ2n) is 5.29. The highest BCUT2D eigenvalue weighted by Gasteiger charge is 2.27. The van der Waals surface area contributed by atoms with Crippen molar-refractivity contribution in [3.8, 4) is 5.75 Å². The van der Waals surface area contributed by atoms with E-state index in [4.69, 9.17) is 9.84 Å². The molecule has 1 aliphatic rings. The van der Waals surface area contributed by atoms with E-state index in [0.29, 0.717) is 11.8 Å². The molecule has 0 saturated carbocycles. The molecule has 0 aromatic heterocycles. The number of aromatic carboxylic acids is 1. The van der Waals surface area contributed by atoms with Crippen LogP contribution in [0.3, 0.4) is 0 Å². The van der Waals surface area contributed by atoms with Crippen molar-refractivity contribution >= 4 is 5.97 Å². The minimum Gasteiger partial charge on any atom is -0.490 e. The monoisotopic (exact) mass is 277 g/mol. The van der Waals surface area contributed by atoms with Gasteiger partial charge in [-0.3, -0.25) is 0 Å². The lowest BCUT2D eigenvalue weighted by atomic mass is 9.97. The molecule has 4 heteroatoms. The lowest BCUT2D eigenvalue weighted by Gasteiger charge is -2.38. The molecular weight excluding hydrogens is 254 g/mol. The average Bonchev–Trinajstić information content (AvgIpc) is 2.47. The third-order valence-corrected chi connectivity index (χ3v) is 4.05. The summed E-state index contributed by atoms with van der Waals surface area (Å²) in [7, 11) is 0. The number of hydrogen-bond donors (Lipinski definition) is 1. The van der Waals surface area contributed by atoms with Gasteiger partial charge in [-0.1, -0.05) is 19.9 Å². The molecule has 1 aromatic rings. The molecule has 1 fully saturated rings. The fraction of sp³-hybridized carbons (Fsp3) is 0.562. The van der Waals surface area contributed by atoms with Crippen LogP contribution in [0.5, 0.6) is 5.75 Å². The largest absolute Gasteiger partial charge is 0.490 e. The van der Waals surface area contributed by atoms with Gasteiger partial charge in [0.15, 0.2) is 0 Å². The minimum atomic E-state index is -0.914. The van der Waals surface area contributed by atoms with Crippen LogP contribution in [-0.2, 0) is 0 Å². The summed E-state index contributed by atoms with van der Waals surface area (Å²) in [5.74, 6) is -0.252. The molecule has 1 aliphatic heterocycles. The van der Waals surface area contributed by atoms with Gasteiger partial charge < -0.3 is 14.7 Å². The molecule has 110 valence electrons. The number of likely N-dealkylation sites (tertiary alicyclic amines) is 1. The molecule has 2 unspecified atom stereocenters. The molecule has 0 bridgehead atoms. The molecule has 20 heavy (non-hydrogen) atoms. The van der Waals surface area contributed by atoms with Crippen LogP contribution in [0.4, 0.5) is 0 Å². The number of carboxylic acid groups (broad SMARTS) is 1. The predicted octanol–water partition coefficient (Wildman–Crippen LogP) is 3.03. The Bertz CT molecular complexity index is 461. The zero-order valence-corrected chi connectivity index (χ0v) is 12.2. The molecule has 0 spiro atoms. The standard InChI is InChI=1S/C16H23NO3/c1-3-13-11-15(8-9-17(13)4-2)20-14-7-5-6-12(10-14)16(18)19/h5-7,10,13,15H,3-4,8-9,11H2,1-2H3,(H,18,19). The van der Waals surface area contributed by atoms with Crippen LogP contribution in [0.25, 0.3) is 0 Å². The van der Waals surface area contributed by atoms with Gasteiger partial charge in [-0.05, 0) is 44.0 Å². The van der Waals surface area contributed by atoms with Gasteiger partial charge in [-0.25, -0.2) is 4.79 Å². The van der Waals surface area contributed by atoms with Crippen LogP contribution in [-0.4, -0.2) is 41.2 Å². The van der Waals surface area contributed by atoms with Crippen LogP contribution < -0.4 is 4.74 Å². The third kappa shape index (κ3) is 3.51. The minimum absolute atomic E-state index is 0.187. The maximum absolute atomic E-state index is 11.0. The molecule has 0 radical (unpaired) electrons. The number of benzene rings is 1. The second-order valence-corrected chi connectivity index (χ2v) is 5.29. The van der Waals surface area contributed by atoms with Crippen molar-refractivity contribution in [2.75, 3.05) is 13.1 Å². The van der Waals surface area contributed by atoms with E-state index in [-0.39, 0.29) is 11.7 Å². The van der Waals surface area contributed by atoms with E-state index >= 15 is 0 Å². The predicted molar refractivity (Wildman–Crippen MR) is 78.4 cm³/mol. The van der Waals surface area contributed by atoms with Crippen molar-refractivity contribution in [2.45, 2.75) is 45.3 Å². The van der Waals surface area contributed by atoms with Gasteiger partial charge in [-0.15, -0.1) is 0 Å². The quantitative estimate of drug-likeness (QED) is 0.898. The molecular formula is C16H23NO3. The Morgan fingerprint density at radius 3 is 2.90 bits per heavy atom. The van der Waals surface area contributed by atoms with Crippen molar-refractivity contribution in [3.63, 3.8) is 0 Å². The third-order valence-electron chi connectivity index (χ3n) is 4.05. The Balaban J connectivity index is 2.00. The first-order chi connectivity index (χ1) is 9.63. The fourth-order valence-corrected chi connectivity index (χ4v) is 2.91. The van der Waals surface area contributed by atoms with E-state index < -0.39 is 5.97 Å². The maximum atomic E-state index is 11.0. The van der Waals surface area contributed by atoms with E-state index in [9.17, 15) is 4.79 Å². The summed E-state index contributed by atoms with van der Waals surface area (Å²) in [4.78, 5) is 13.5. The topological polar surface area (TPSA) is 49.8 Å². The van der Waals surface area contributed by atoms with Gasteiger partial charge in [0.2, 0.25) is 0 Å². The van der Waals surface area contributed by atoms with Gasteiger partial charge in [0.25, 0.3) is 0 Å². The molecule has 2 rings (SSSR count). The van der Waals surface area contributed by atoms with E-state index in [0.717, 1.165) is 32.4 Å². The van der Waals surface area contributed by atoms with E-state index in [1.165, 1.54) is 0 Å². The Morgan fingerprint density at radius 2 is 2.25 bits per heavy atom.